The highest BCUT2D eigenvalue weighted by Crippen LogP contribution is 2.25. The maximum absolute atomic E-state index is 11.0. The van der Waals surface area contributed by atoms with E-state index in [-0.39, 0.29) is 11.3 Å². The van der Waals surface area contributed by atoms with Crippen molar-refractivity contribution >= 4 is 23.2 Å². The molecule has 0 aliphatic heterocycles. The van der Waals surface area contributed by atoms with Crippen LogP contribution in [0, 0.1) is 0 Å². The topological polar surface area (TPSA) is 107 Å². The molecule has 0 fully saturated rings. The zero-order chi connectivity index (χ0) is 18.4. The van der Waals surface area contributed by atoms with Crippen molar-refractivity contribution in [2.45, 2.75) is 6.54 Å². The average molecular weight is 348 g/mol. The van der Waals surface area contributed by atoms with Crippen LogP contribution in [0.1, 0.15) is 15.9 Å². The van der Waals surface area contributed by atoms with E-state index in [1.807, 2.05) is 42.5 Å². The van der Waals surface area contributed by atoms with E-state index in [2.05, 4.69) is 20.5 Å². The van der Waals surface area contributed by atoms with Gasteiger partial charge in [-0.1, -0.05) is 18.2 Å². The number of carboxylic acids is 1. The van der Waals surface area contributed by atoms with Gasteiger partial charge in [-0.15, -0.1) is 0 Å². The molecule has 0 aliphatic carbocycles. The van der Waals surface area contributed by atoms with Crippen LogP contribution in [-0.4, -0.2) is 21.2 Å². The molecule has 0 atom stereocenters. The van der Waals surface area contributed by atoms with Crippen LogP contribution in [0.5, 0.6) is 5.75 Å². The Kier molecular flexibility index (Phi) is 5.19. The van der Waals surface area contributed by atoms with Gasteiger partial charge in [0.05, 0.1) is 11.4 Å². The Morgan fingerprint density at radius 1 is 1.00 bits per heavy atom. The largest absolute Gasteiger partial charge is 0.507 e. The van der Waals surface area contributed by atoms with Gasteiger partial charge in [-0.05, 0) is 48.0 Å². The SMILES string of the molecule is O=C(O)c1cc(N=Nc2ccc(CNc3ccccn3)cc2)ccc1O. The zero-order valence-corrected chi connectivity index (χ0v) is 13.7. The fourth-order valence-corrected chi connectivity index (χ4v) is 2.21. The molecule has 2 aromatic carbocycles. The van der Waals surface area contributed by atoms with Crippen molar-refractivity contribution in [3.63, 3.8) is 0 Å². The summed E-state index contributed by atoms with van der Waals surface area (Å²) in [5.41, 5.74) is 1.84. The Hall–Kier alpha value is -3.74. The highest BCUT2D eigenvalue weighted by molar-refractivity contribution is 5.91. The van der Waals surface area contributed by atoms with Crippen LogP contribution in [-0.2, 0) is 6.54 Å². The minimum Gasteiger partial charge on any atom is -0.507 e. The van der Waals surface area contributed by atoms with Crippen molar-refractivity contribution in [3.05, 3.63) is 78.0 Å². The molecule has 0 saturated heterocycles. The molecule has 26 heavy (non-hydrogen) atoms. The Balaban J connectivity index is 1.64. The Labute approximate surface area is 149 Å². The molecule has 1 heterocycles. The van der Waals surface area contributed by atoms with E-state index in [4.69, 9.17) is 5.11 Å². The molecule has 0 bridgehead atoms. The number of aromatic nitrogens is 1. The first-order chi connectivity index (χ1) is 12.6. The lowest BCUT2D eigenvalue weighted by Crippen LogP contribution is -2.00. The van der Waals surface area contributed by atoms with Gasteiger partial charge < -0.3 is 15.5 Å². The number of nitrogens with zero attached hydrogens (tertiary/aromatic N) is 3. The number of phenols is 1. The monoisotopic (exact) mass is 348 g/mol. The van der Waals surface area contributed by atoms with Crippen molar-refractivity contribution in [1.82, 2.24) is 4.98 Å². The molecule has 0 spiro atoms. The summed E-state index contributed by atoms with van der Waals surface area (Å²) >= 11 is 0. The van der Waals surface area contributed by atoms with Crippen LogP contribution in [0.2, 0.25) is 0 Å². The molecule has 0 amide bonds. The number of benzene rings is 2. The molecule has 0 aliphatic rings. The Morgan fingerprint density at radius 2 is 1.73 bits per heavy atom. The van der Waals surface area contributed by atoms with Gasteiger partial charge in [0.1, 0.15) is 17.1 Å². The van der Waals surface area contributed by atoms with Gasteiger partial charge in [0.2, 0.25) is 0 Å². The standard InChI is InChI=1S/C19H16N4O3/c24-17-9-8-15(11-16(17)19(25)26)23-22-14-6-4-13(5-7-14)12-21-18-3-1-2-10-20-18/h1-11,24H,12H2,(H,20,21)(H,25,26). The number of carbonyl (C=O) groups is 1. The highest BCUT2D eigenvalue weighted by atomic mass is 16.4. The molecule has 0 saturated carbocycles. The normalized spacial score (nSPS) is 10.8. The number of carboxylic acid groups (broad SMARTS) is 1. The van der Waals surface area contributed by atoms with Crippen LogP contribution in [0.15, 0.2) is 77.1 Å². The number of hydrogen-bond donors (Lipinski definition) is 3. The van der Waals surface area contributed by atoms with Crippen LogP contribution >= 0.6 is 0 Å². The summed E-state index contributed by atoms with van der Waals surface area (Å²) in [4.78, 5) is 15.2. The number of pyridine rings is 1. The molecule has 130 valence electrons. The van der Waals surface area contributed by atoms with Gasteiger partial charge >= 0.3 is 5.97 Å². The van der Waals surface area contributed by atoms with E-state index in [0.717, 1.165) is 11.4 Å². The first-order valence-electron chi connectivity index (χ1n) is 7.84. The van der Waals surface area contributed by atoms with Gasteiger partial charge in [0.15, 0.2) is 0 Å². The van der Waals surface area contributed by atoms with Gasteiger partial charge in [0, 0.05) is 12.7 Å². The number of nitrogens with one attached hydrogen (secondary N) is 1. The number of aromatic hydroxyl groups is 1. The second-order valence-corrected chi connectivity index (χ2v) is 5.44. The molecular weight excluding hydrogens is 332 g/mol. The van der Waals surface area contributed by atoms with Crippen LogP contribution in [0.25, 0.3) is 0 Å². The van der Waals surface area contributed by atoms with Gasteiger partial charge in [-0.2, -0.15) is 10.2 Å². The lowest BCUT2D eigenvalue weighted by atomic mass is 10.2. The zero-order valence-electron chi connectivity index (χ0n) is 13.7. The molecular formula is C19H16N4O3. The third kappa shape index (κ3) is 4.41. The molecule has 0 radical (unpaired) electrons. The number of anilines is 1. The summed E-state index contributed by atoms with van der Waals surface area (Å²) in [6.07, 6.45) is 1.73. The molecule has 3 N–H and O–H groups in total. The van der Waals surface area contributed by atoms with Crippen molar-refractivity contribution in [2.75, 3.05) is 5.32 Å². The van der Waals surface area contributed by atoms with Crippen molar-refractivity contribution < 1.29 is 15.0 Å². The molecule has 0 unspecified atom stereocenters. The summed E-state index contributed by atoms with van der Waals surface area (Å²) < 4.78 is 0. The Bertz CT molecular complexity index is 925. The third-order valence-electron chi connectivity index (χ3n) is 3.57. The Morgan fingerprint density at radius 3 is 2.42 bits per heavy atom. The number of rotatable bonds is 6. The van der Waals surface area contributed by atoms with E-state index < -0.39 is 5.97 Å². The third-order valence-corrected chi connectivity index (χ3v) is 3.57. The van der Waals surface area contributed by atoms with Gasteiger partial charge in [-0.3, -0.25) is 0 Å². The van der Waals surface area contributed by atoms with E-state index in [9.17, 15) is 9.90 Å². The van der Waals surface area contributed by atoms with Crippen molar-refractivity contribution in [1.29, 1.82) is 0 Å². The van der Waals surface area contributed by atoms with Crippen LogP contribution in [0.3, 0.4) is 0 Å². The van der Waals surface area contributed by atoms with Crippen LogP contribution < -0.4 is 5.32 Å². The highest BCUT2D eigenvalue weighted by Gasteiger charge is 2.09. The number of azo groups is 1. The molecule has 7 heteroatoms. The fourth-order valence-electron chi connectivity index (χ4n) is 2.21. The lowest BCUT2D eigenvalue weighted by molar-refractivity contribution is 0.0694. The average Bonchev–Trinajstić information content (AvgIpc) is 2.67. The minimum absolute atomic E-state index is 0.211. The summed E-state index contributed by atoms with van der Waals surface area (Å²) in [5.74, 6) is -0.719. The summed E-state index contributed by atoms with van der Waals surface area (Å²) in [7, 11) is 0. The maximum Gasteiger partial charge on any atom is 0.339 e. The quantitative estimate of drug-likeness (QED) is 0.568. The first-order valence-corrected chi connectivity index (χ1v) is 7.84. The lowest BCUT2D eigenvalue weighted by Gasteiger charge is -2.05. The van der Waals surface area contributed by atoms with Gasteiger partial charge in [-0.25, -0.2) is 9.78 Å². The number of hydrogen-bond acceptors (Lipinski definition) is 6. The second-order valence-electron chi connectivity index (χ2n) is 5.44. The summed E-state index contributed by atoms with van der Waals surface area (Å²) in [6, 6.07) is 17.2. The summed E-state index contributed by atoms with van der Waals surface area (Å²) in [6.45, 7) is 0.633. The van der Waals surface area contributed by atoms with E-state index in [1.54, 1.807) is 6.20 Å². The maximum atomic E-state index is 11.0. The van der Waals surface area contributed by atoms with E-state index in [0.29, 0.717) is 17.9 Å². The number of aromatic carboxylic acids is 1. The smallest absolute Gasteiger partial charge is 0.339 e. The predicted octanol–water partition coefficient (Wildman–Crippen LogP) is 4.51. The second kappa shape index (κ2) is 7.89. The van der Waals surface area contributed by atoms with Crippen molar-refractivity contribution in [3.8, 4) is 5.75 Å². The van der Waals surface area contributed by atoms with E-state index in [1.165, 1.54) is 18.2 Å². The molecule has 3 rings (SSSR count). The molecule has 3 aromatic rings. The molecule has 1 aromatic heterocycles. The predicted molar refractivity (Wildman–Crippen MR) is 97.2 cm³/mol. The minimum atomic E-state index is -1.22. The van der Waals surface area contributed by atoms with Gasteiger partial charge in [0.25, 0.3) is 0 Å². The summed E-state index contributed by atoms with van der Waals surface area (Å²) in [5, 5.41) is 29.8. The molecule has 7 nitrogen and oxygen atoms in total. The van der Waals surface area contributed by atoms with Crippen LogP contribution in [0.4, 0.5) is 17.2 Å². The fraction of sp³-hybridized carbons (Fsp3) is 0.0526. The van der Waals surface area contributed by atoms with Crippen molar-refractivity contribution in [2.24, 2.45) is 10.2 Å². The first kappa shape index (κ1) is 17.1. The van der Waals surface area contributed by atoms with E-state index >= 15 is 0 Å².